The standard InChI is InChI=1S/C17H17ClN2OS2/c1-2-3-9-20-16(21)15-14(8-10-22-15)19-17(20)23-11-12-4-6-13(18)7-5-12/h4-8,10H,2-3,9,11H2,1H3. The van der Waals surface area contributed by atoms with E-state index in [9.17, 15) is 4.79 Å². The van der Waals surface area contributed by atoms with Crippen LogP contribution < -0.4 is 5.56 Å². The lowest BCUT2D eigenvalue weighted by Crippen LogP contribution is -2.22. The normalized spacial score (nSPS) is 11.2. The van der Waals surface area contributed by atoms with E-state index in [-0.39, 0.29) is 5.56 Å². The molecule has 0 fully saturated rings. The number of aromatic nitrogens is 2. The van der Waals surface area contributed by atoms with Crippen molar-refractivity contribution in [3.8, 4) is 0 Å². The molecule has 6 heteroatoms. The van der Waals surface area contributed by atoms with Crippen molar-refractivity contribution in [1.82, 2.24) is 9.55 Å². The summed E-state index contributed by atoms with van der Waals surface area (Å²) in [7, 11) is 0. The summed E-state index contributed by atoms with van der Waals surface area (Å²) >= 11 is 8.99. The van der Waals surface area contributed by atoms with Crippen LogP contribution in [0, 0.1) is 0 Å². The molecule has 0 aliphatic carbocycles. The first-order chi connectivity index (χ1) is 11.2. The minimum atomic E-state index is 0.0806. The lowest BCUT2D eigenvalue weighted by molar-refractivity contribution is 0.558. The predicted octanol–water partition coefficient (Wildman–Crippen LogP) is 5.20. The van der Waals surface area contributed by atoms with Gasteiger partial charge in [-0.2, -0.15) is 0 Å². The van der Waals surface area contributed by atoms with Crippen LogP contribution >= 0.6 is 34.7 Å². The summed E-state index contributed by atoms with van der Waals surface area (Å²) in [5.74, 6) is 0.769. The average Bonchev–Trinajstić information content (AvgIpc) is 3.02. The molecule has 3 aromatic rings. The zero-order chi connectivity index (χ0) is 16.2. The zero-order valence-corrected chi connectivity index (χ0v) is 15.2. The first kappa shape index (κ1) is 16.6. The molecule has 0 amide bonds. The molecular formula is C17H17ClN2OS2. The van der Waals surface area contributed by atoms with Gasteiger partial charge in [-0.15, -0.1) is 11.3 Å². The SMILES string of the molecule is CCCCn1c(SCc2ccc(Cl)cc2)nc2ccsc2c1=O. The van der Waals surface area contributed by atoms with Gasteiger partial charge in [0.05, 0.1) is 5.52 Å². The van der Waals surface area contributed by atoms with Gasteiger partial charge < -0.3 is 0 Å². The molecule has 0 saturated heterocycles. The van der Waals surface area contributed by atoms with Crippen LogP contribution in [0.3, 0.4) is 0 Å². The fraction of sp³-hybridized carbons (Fsp3) is 0.294. The third-order valence-corrected chi connectivity index (χ3v) is 5.74. The van der Waals surface area contributed by atoms with Crippen molar-refractivity contribution in [3.63, 3.8) is 0 Å². The molecule has 0 spiro atoms. The zero-order valence-electron chi connectivity index (χ0n) is 12.8. The van der Waals surface area contributed by atoms with Crippen LogP contribution in [-0.2, 0) is 12.3 Å². The molecule has 0 saturated carbocycles. The predicted molar refractivity (Wildman–Crippen MR) is 99.8 cm³/mol. The summed E-state index contributed by atoms with van der Waals surface area (Å²) < 4.78 is 2.57. The maximum absolute atomic E-state index is 12.7. The van der Waals surface area contributed by atoms with Gasteiger partial charge in [-0.3, -0.25) is 9.36 Å². The summed E-state index contributed by atoms with van der Waals surface area (Å²) in [6.07, 6.45) is 2.03. The molecule has 0 radical (unpaired) electrons. The van der Waals surface area contributed by atoms with E-state index in [0.717, 1.165) is 45.5 Å². The van der Waals surface area contributed by atoms with E-state index >= 15 is 0 Å². The molecule has 0 aliphatic heterocycles. The Hall–Kier alpha value is -1.30. The Labute approximate surface area is 148 Å². The average molecular weight is 365 g/mol. The van der Waals surface area contributed by atoms with Gasteiger partial charge in [-0.25, -0.2) is 4.98 Å². The number of halogens is 1. The van der Waals surface area contributed by atoms with Crippen LogP contribution in [0.5, 0.6) is 0 Å². The number of unbranched alkanes of at least 4 members (excludes halogenated alkanes) is 1. The Kier molecular flexibility index (Phi) is 5.41. The molecule has 0 aliphatic rings. The number of benzene rings is 1. The highest BCUT2D eigenvalue weighted by atomic mass is 35.5. The summed E-state index contributed by atoms with van der Waals surface area (Å²) in [6.45, 7) is 2.85. The van der Waals surface area contributed by atoms with E-state index in [0.29, 0.717) is 0 Å². The molecule has 23 heavy (non-hydrogen) atoms. The number of rotatable bonds is 6. The number of nitrogens with zero attached hydrogens (tertiary/aromatic N) is 2. The van der Waals surface area contributed by atoms with Crippen LogP contribution in [0.2, 0.25) is 5.02 Å². The lowest BCUT2D eigenvalue weighted by Gasteiger charge is -2.11. The first-order valence-corrected chi connectivity index (χ1v) is 9.78. The van der Waals surface area contributed by atoms with Gasteiger partial charge in [0.2, 0.25) is 0 Å². The van der Waals surface area contributed by atoms with Crippen molar-refractivity contribution in [2.75, 3.05) is 0 Å². The minimum absolute atomic E-state index is 0.0806. The first-order valence-electron chi connectivity index (χ1n) is 7.54. The van der Waals surface area contributed by atoms with Crippen LogP contribution in [0.4, 0.5) is 0 Å². The molecule has 0 atom stereocenters. The van der Waals surface area contributed by atoms with Gasteiger partial charge in [0.25, 0.3) is 5.56 Å². The Balaban J connectivity index is 1.91. The second-order valence-electron chi connectivity index (χ2n) is 5.25. The van der Waals surface area contributed by atoms with E-state index in [1.165, 1.54) is 16.9 Å². The second-order valence-corrected chi connectivity index (χ2v) is 7.55. The molecule has 0 unspecified atom stereocenters. The van der Waals surface area contributed by atoms with E-state index in [2.05, 4.69) is 6.92 Å². The minimum Gasteiger partial charge on any atom is -0.286 e. The van der Waals surface area contributed by atoms with Gasteiger partial charge in [0.15, 0.2) is 5.16 Å². The van der Waals surface area contributed by atoms with Crippen molar-refractivity contribution < 1.29 is 0 Å². The van der Waals surface area contributed by atoms with Gasteiger partial charge in [-0.05, 0) is 35.6 Å². The number of hydrogen-bond donors (Lipinski definition) is 0. The highest BCUT2D eigenvalue weighted by molar-refractivity contribution is 7.98. The topological polar surface area (TPSA) is 34.9 Å². The third kappa shape index (κ3) is 3.79. The Morgan fingerprint density at radius 3 is 2.78 bits per heavy atom. The number of thioether (sulfide) groups is 1. The largest absolute Gasteiger partial charge is 0.286 e. The van der Waals surface area contributed by atoms with Gasteiger partial charge in [0, 0.05) is 17.3 Å². The highest BCUT2D eigenvalue weighted by Gasteiger charge is 2.12. The van der Waals surface area contributed by atoms with Crippen molar-refractivity contribution in [2.24, 2.45) is 0 Å². The van der Waals surface area contributed by atoms with Gasteiger partial charge >= 0.3 is 0 Å². The van der Waals surface area contributed by atoms with Crippen LogP contribution in [0.25, 0.3) is 10.2 Å². The maximum Gasteiger partial charge on any atom is 0.272 e. The number of thiophene rings is 1. The third-order valence-electron chi connectivity index (χ3n) is 3.55. The van der Waals surface area contributed by atoms with Crippen molar-refractivity contribution in [3.05, 3.63) is 56.7 Å². The Bertz CT molecular complexity index is 855. The summed E-state index contributed by atoms with van der Waals surface area (Å²) in [4.78, 5) is 17.4. The van der Waals surface area contributed by atoms with Crippen LogP contribution in [0.1, 0.15) is 25.3 Å². The highest BCUT2D eigenvalue weighted by Crippen LogP contribution is 2.24. The van der Waals surface area contributed by atoms with Crippen molar-refractivity contribution in [1.29, 1.82) is 0 Å². The monoisotopic (exact) mass is 364 g/mol. The maximum atomic E-state index is 12.7. The van der Waals surface area contributed by atoms with Crippen molar-refractivity contribution in [2.45, 2.75) is 37.2 Å². The second kappa shape index (κ2) is 7.51. The van der Waals surface area contributed by atoms with E-state index in [4.69, 9.17) is 16.6 Å². The molecular weight excluding hydrogens is 348 g/mol. The molecule has 0 N–H and O–H groups in total. The number of fused-ring (bicyclic) bond motifs is 1. The van der Waals surface area contributed by atoms with Gasteiger partial charge in [0.1, 0.15) is 4.70 Å². The summed E-state index contributed by atoms with van der Waals surface area (Å²) in [6, 6.07) is 9.70. The number of hydrogen-bond acceptors (Lipinski definition) is 4. The van der Waals surface area contributed by atoms with Gasteiger partial charge in [-0.1, -0.05) is 48.8 Å². The molecule has 0 bridgehead atoms. The van der Waals surface area contributed by atoms with E-state index in [1.807, 2.05) is 40.3 Å². The fourth-order valence-corrected chi connectivity index (χ4v) is 4.16. The molecule has 3 nitrogen and oxygen atoms in total. The van der Waals surface area contributed by atoms with E-state index in [1.54, 1.807) is 11.8 Å². The Morgan fingerprint density at radius 2 is 2.04 bits per heavy atom. The molecule has 1 aromatic carbocycles. The molecule has 3 rings (SSSR count). The molecule has 120 valence electrons. The quantitative estimate of drug-likeness (QED) is 0.445. The van der Waals surface area contributed by atoms with Crippen LogP contribution in [0.15, 0.2) is 45.7 Å². The summed E-state index contributed by atoms with van der Waals surface area (Å²) in [5, 5.41) is 3.46. The van der Waals surface area contributed by atoms with E-state index < -0.39 is 0 Å². The fourth-order valence-electron chi connectivity index (χ4n) is 2.28. The Morgan fingerprint density at radius 1 is 1.26 bits per heavy atom. The lowest BCUT2D eigenvalue weighted by atomic mass is 10.2. The molecule has 2 heterocycles. The van der Waals surface area contributed by atoms with Crippen molar-refractivity contribution >= 4 is 44.9 Å². The smallest absolute Gasteiger partial charge is 0.272 e. The van der Waals surface area contributed by atoms with Crippen LogP contribution in [-0.4, -0.2) is 9.55 Å². The molecule has 2 aromatic heterocycles. The summed E-state index contributed by atoms with van der Waals surface area (Å²) in [5.41, 5.74) is 2.05.